The maximum Gasteiger partial charge on any atom is 0.346 e. The summed E-state index contributed by atoms with van der Waals surface area (Å²) in [7, 11) is 0. The Hall–Kier alpha value is -3.30. The van der Waals surface area contributed by atoms with Crippen molar-refractivity contribution >= 4 is 5.91 Å². The van der Waals surface area contributed by atoms with Crippen LogP contribution in [0.4, 0.5) is 0 Å². The fourth-order valence-electron chi connectivity index (χ4n) is 3.79. The number of carbonyl (C=O) groups is 1. The van der Waals surface area contributed by atoms with Crippen LogP contribution in [-0.2, 0) is 24.4 Å². The molecule has 0 saturated carbocycles. The average Bonchev–Trinajstić information content (AvgIpc) is 3.37. The third-order valence-corrected chi connectivity index (χ3v) is 5.32. The molecular formula is C19H24N8O2. The minimum atomic E-state index is -0.0814. The number of amides is 1. The zero-order valence-corrected chi connectivity index (χ0v) is 16.4. The Labute approximate surface area is 167 Å². The molecule has 4 rings (SSSR count). The maximum atomic E-state index is 12.8. The maximum absolute atomic E-state index is 12.8. The second kappa shape index (κ2) is 8.38. The van der Waals surface area contributed by atoms with Crippen LogP contribution in [0.15, 0.2) is 41.5 Å². The highest BCUT2D eigenvalue weighted by Crippen LogP contribution is 2.26. The fraction of sp³-hybridized carbons (Fsp3) is 0.474. The van der Waals surface area contributed by atoms with E-state index in [0.717, 1.165) is 24.2 Å². The minimum absolute atomic E-state index is 0.0241. The third kappa shape index (κ3) is 4.10. The topological polar surface area (TPSA) is 104 Å². The van der Waals surface area contributed by atoms with Crippen LogP contribution < -0.4 is 5.69 Å². The number of likely N-dealkylation sites (tertiary alicyclic amines) is 1. The number of hydrogen-bond donors (Lipinski definition) is 0. The van der Waals surface area contributed by atoms with Crippen molar-refractivity contribution in [3.05, 3.63) is 58.5 Å². The molecule has 152 valence electrons. The molecule has 10 nitrogen and oxygen atoms in total. The van der Waals surface area contributed by atoms with Crippen molar-refractivity contribution in [1.29, 1.82) is 0 Å². The first-order chi connectivity index (χ1) is 14.2. The van der Waals surface area contributed by atoms with E-state index in [1.165, 1.54) is 11.1 Å². The van der Waals surface area contributed by atoms with Gasteiger partial charge in [-0.05, 0) is 30.5 Å². The van der Waals surface area contributed by atoms with Crippen LogP contribution in [0.2, 0.25) is 0 Å². The van der Waals surface area contributed by atoms with E-state index in [1.54, 1.807) is 9.25 Å². The Kier molecular flexibility index (Phi) is 5.50. The number of benzene rings is 1. The lowest BCUT2D eigenvalue weighted by atomic mass is 9.96. The summed E-state index contributed by atoms with van der Waals surface area (Å²) in [5.41, 5.74) is 0.964. The van der Waals surface area contributed by atoms with E-state index < -0.39 is 0 Å². The largest absolute Gasteiger partial charge is 0.346 e. The van der Waals surface area contributed by atoms with Gasteiger partial charge in [-0.15, -0.1) is 10.2 Å². The molecule has 2 aromatic heterocycles. The molecule has 10 heteroatoms. The normalized spacial score (nSPS) is 15.0. The first kappa shape index (κ1) is 19.0. The fourth-order valence-corrected chi connectivity index (χ4v) is 3.79. The van der Waals surface area contributed by atoms with E-state index in [-0.39, 0.29) is 24.1 Å². The molecule has 0 unspecified atom stereocenters. The Morgan fingerprint density at radius 3 is 2.59 bits per heavy atom. The number of carbonyl (C=O) groups excluding carboxylic acids is 1. The Bertz CT molecular complexity index is 1000. The zero-order chi connectivity index (χ0) is 20.2. The number of aromatic nitrogens is 7. The van der Waals surface area contributed by atoms with Gasteiger partial charge in [0.15, 0.2) is 6.33 Å². The van der Waals surface area contributed by atoms with E-state index >= 15 is 0 Å². The molecule has 0 bridgehead atoms. The van der Waals surface area contributed by atoms with E-state index in [0.29, 0.717) is 26.2 Å². The molecule has 1 aliphatic rings. The van der Waals surface area contributed by atoms with Crippen LogP contribution >= 0.6 is 0 Å². The molecule has 3 heterocycles. The van der Waals surface area contributed by atoms with Gasteiger partial charge in [-0.25, -0.2) is 9.48 Å². The summed E-state index contributed by atoms with van der Waals surface area (Å²) in [4.78, 5) is 28.3. The Balaban J connectivity index is 1.44. The highest BCUT2D eigenvalue weighted by atomic mass is 16.2. The molecule has 1 aliphatic heterocycles. The van der Waals surface area contributed by atoms with Gasteiger partial charge in [0.1, 0.15) is 12.4 Å². The highest BCUT2D eigenvalue weighted by molar-refractivity contribution is 5.75. The quantitative estimate of drug-likeness (QED) is 0.601. The van der Waals surface area contributed by atoms with Crippen molar-refractivity contribution in [2.45, 2.75) is 45.3 Å². The first-order valence-electron chi connectivity index (χ1n) is 9.85. The van der Waals surface area contributed by atoms with Crippen molar-refractivity contribution in [2.75, 3.05) is 13.1 Å². The lowest BCUT2D eigenvalue weighted by Gasteiger charge is -2.31. The molecule has 0 atom stereocenters. The van der Waals surface area contributed by atoms with E-state index in [2.05, 4.69) is 20.5 Å². The predicted octanol–water partition coefficient (Wildman–Crippen LogP) is 0.506. The molecule has 0 spiro atoms. The van der Waals surface area contributed by atoms with Crippen molar-refractivity contribution in [3.8, 4) is 0 Å². The first-order valence-corrected chi connectivity index (χ1v) is 9.85. The standard InChI is InChI=1S/C19H24N8O2/c1-2-25-18(22-26(19(25)29)12-15-6-4-3-5-7-15)16-8-10-24(11-9-16)17(28)13-27-21-14-20-23-27/h3-7,14,16H,2,8-13H2,1H3. The second-order valence-electron chi connectivity index (χ2n) is 7.15. The molecule has 0 N–H and O–H groups in total. The van der Waals surface area contributed by atoms with Crippen LogP contribution in [0.25, 0.3) is 0 Å². The van der Waals surface area contributed by atoms with Crippen molar-refractivity contribution in [2.24, 2.45) is 0 Å². The van der Waals surface area contributed by atoms with E-state index in [1.807, 2.05) is 42.2 Å². The summed E-state index contributed by atoms with van der Waals surface area (Å²) in [6.07, 6.45) is 2.87. The third-order valence-electron chi connectivity index (χ3n) is 5.32. The summed E-state index contributed by atoms with van der Waals surface area (Å²) in [5, 5.41) is 15.9. The smallest absolute Gasteiger partial charge is 0.341 e. The summed E-state index contributed by atoms with van der Waals surface area (Å²) < 4.78 is 3.30. The van der Waals surface area contributed by atoms with Crippen LogP contribution in [0.5, 0.6) is 0 Å². The number of hydrogen-bond acceptors (Lipinski definition) is 6. The SMILES string of the molecule is CCn1c(C2CCN(C(=O)Cn3ncnn3)CC2)nn(Cc2ccccc2)c1=O. The monoisotopic (exact) mass is 396 g/mol. The Morgan fingerprint density at radius 2 is 1.93 bits per heavy atom. The highest BCUT2D eigenvalue weighted by Gasteiger charge is 2.28. The van der Waals surface area contributed by atoms with Gasteiger partial charge >= 0.3 is 5.69 Å². The minimum Gasteiger partial charge on any atom is -0.341 e. The second-order valence-corrected chi connectivity index (χ2v) is 7.15. The number of nitrogens with zero attached hydrogens (tertiary/aromatic N) is 8. The van der Waals surface area contributed by atoms with Crippen molar-refractivity contribution in [1.82, 2.24) is 39.5 Å². The molecule has 1 saturated heterocycles. The molecule has 0 radical (unpaired) electrons. The van der Waals surface area contributed by atoms with Crippen LogP contribution in [0, 0.1) is 0 Å². The van der Waals surface area contributed by atoms with Crippen LogP contribution in [0.1, 0.15) is 37.1 Å². The predicted molar refractivity (Wildman–Crippen MR) is 104 cm³/mol. The lowest BCUT2D eigenvalue weighted by Crippen LogP contribution is -2.40. The van der Waals surface area contributed by atoms with Gasteiger partial charge in [0.2, 0.25) is 5.91 Å². The Morgan fingerprint density at radius 1 is 1.17 bits per heavy atom. The summed E-state index contributed by atoms with van der Waals surface area (Å²) >= 11 is 0. The summed E-state index contributed by atoms with van der Waals surface area (Å²) in [5.74, 6) is 0.954. The van der Waals surface area contributed by atoms with E-state index in [4.69, 9.17) is 0 Å². The molecule has 0 aliphatic carbocycles. The van der Waals surface area contributed by atoms with Gasteiger partial charge in [-0.1, -0.05) is 30.3 Å². The van der Waals surface area contributed by atoms with Gasteiger partial charge in [-0.3, -0.25) is 9.36 Å². The van der Waals surface area contributed by atoms with Gasteiger partial charge in [0.05, 0.1) is 6.54 Å². The van der Waals surface area contributed by atoms with Crippen molar-refractivity contribution in [3.63, 3.8) is 0 Å². The molecule has 1 fully saturated rings. The van der Waals surface area contributed by atoms with Gasteiger partial charge in [0.25, 0.3) is 0 Å². The molecule has 29 heavy (non-hydrogen) atoms. The molecule has 3 aromatic rings. The van der Waals surface area contributed by atoms with Crippen LogP contribution in [0.3, 0.4) is 0 Å². The summed E-state index contributed by atoms with van der Waals surface area (Å²) in [6.45, 7) is 4.35. The zero-order valence-electron chi connectivity index (χ0n) is 16.4. The van der Waals surface area contributed by atoms with Crippen molar-refractivity contribution < 1.29 is 4.79 Å². The number of tetrazole rings is 1. The molecule has 1 amide bonds. The molecule has 1 aromatic carbocycles. The number of piperidine rings is 1. The number of rotatable bonds is 6. The van der Waals surface area contributed by atoms with E-state index in [9.17, 15) is 9.59 Å². The van der Waals surface area contributed by atoms with Gasteiger partial charge in [0, 0.05) is 25.6 Å². The van der Waals surface area contributed by atoms with Crippen LogP contribution in [-0.4, -0.2) is 58.5 Å². The van der Waals surface area contributed by atoms with Gasteiger partial charge in [-0.2, -0.15) is 9.90 Å². The molecular weight excluding hydrogens is 372 g/mol. The average molecular weight is 396 g/mol. The lowest BCUT2D eigenvalue weighted by molar-refractivity contribution is -0.133. The van der Waals surface area contributed by atoms with Gasteiger partial charge < -0.3 is 4.90 Å². The summed E-state index contributed by atoms with van der Waals surface area (Å²) in [6, 6.07) is 9.85.